The van der Waals surface area contributed by atoms with Gasteiger partial charge in [0.2, 0.25) is 0 Å². The third kappa shape index (κ3) is 5.08. The lowest BCUT2D eigenvalue weighted by Crippen LogP contribution is -2.48. The van der Waals surface area contributed by atoms with Gasteiger partial charge in [0.15, 0.2) is 11.5 Å². The van der Waals surface area contributed by atoms with Gasteiger partial charge in [-0.3, -0.25) is 4.90 Å². The number of aryl methyl sites for hydroxylation is 1. The Morgan fingerprint density at radius 2 is 1.97 bits per heavy atom. The Labute approximate surface area is 188 Å². The summed E-state index contributed by atoms with van der Waals surface area (Å²) in [6.45, 7) is 10.4. The van der Waals surface area contributed by atoms with Crippen LogP contribution in [-0.2, 0) is 6.42 Å². The topological polar surface area (TPSA) is 124 Å². The van der Waals surface area contributed by atoms with E-state index in [0.29, 0.717) is 31.0 Å². The molecule has 0 bridgehead atoms. The summed E-state index contributed by atoms with van der Waals surface area (Å²) in [6.07, 6.45) is 6.45. The average Bonchev–Trinajstić information content (AvgIpc) is 3.18. The van der Waals surface area contributed by atoms with Crippen LogP contribution in [-0.4, -0.2) is 75.3 Å². The molecule has 0 spiro atoms. The largest absolute Gasteiger partial charge is 0.462 e. The number of anilines is 2. The Balaban J connectivity index is 1.45. The van der Waals surface area contributed by atoms with E-state index in [0.717, 1.165) is 62.6 Å². The second kappa shape index (κ2) is 10.1. The summed E-state index contributed by atoms with van der Waals surface area (Å²) in [5.74, 6) is 1.37. The second-order valence-electron chi connectivity index (χ2n) is 8.26. The van der Waals surface area contributed by atoms with E-state index in [1.807, 2.05) is 12.4 Å². The molecular weight excluding hydrogens is 406 g/mol. The lowest BCUT2D eigenvalue weighted by atomic mass is 10.1. The molecule has 32 heavy (non-hydrogen) atoms. The summed E-state index contributed by atoms with van der Waals surface area (Å²) in [5, 5.41) is 4.39. The van der Waals surface area contributed by atoms with Crippen molar-refractivity contribution in [3.63, 3.8) is 0 Å². The van der Waals surface area contributed by atoms with Crippen molar-refractivity contribution in [2.24, 2.45) is 5.73 Å². The van der Waals surface area contributed by atoms with Crippen molar-refractivity contribution < 1.29 is 4.74 Å². The normalized spacial score (nSPS) is 14.9. The van der Waals surface area contributed by atoms with Gasteiger partial charge in [-0.15, -0.1) is 5.10 Å². The van der Waals surface area contributed by atoms with Crippen LogP contribution in [0.25, 0.3) is 5.65 Å². The molecule has 4 N–H and O–H groups in total. The van der Waals surface area contributed by atoms with Gasteiger partial charge >= 0.3 is 6.01 Å². The quantitative estimate of drug-likeness (QED) is 0.474. The zero-order valence-corrected chi connectivity index (χ0v) is 19.0. The van der Waals surface area contributed by atoms with Crippen LogP contribution in [0.3, 0.4) is 0 Å². The molecule has 1 aliphatic rings. The first-order valence-corrected chi connectivity index (χ1v) is 11.3. The number of unbranched alkanes of at least 4 members (excludes halogenated alkanes) is 1. The van der Waals surface area contributed by atoms with Crippen LogP contribution < -0.4 is 21.1 Å². The number of piperazine rings is 1. The van der Waals surface area contributed by atoms with Crippen LogP contribution in [0.5, 0.6) is 6.01 Å². The molecule has 0 atom stereocenters. The minimum atomic E-state index is 0.279. The molecule has 0 saturated carbocycles. The van der Waals surface area contributed by atoms with Gasteiger partial charge in [-0.2, -0.15) is 4.98 Å². The van der Waals surface area contributed by atoms with E-state index in [1.54, 1.807) is 4.52 Å². The van der Waals surface area contributed by atoms with Crippen LogP contribution in [0.2, 0.25) is 0 Å². The number of fused-ring (bicyclic) bond motifs is 1. The fourth-order valence-electron chi connectivity index (χ4n) is 4.02. The Bertz CT molecular complexity index is 1040. The first-order valence-electron chi connectivity index (χ1n) is 11.3. The first kappa shape index (κ1) is 22.2. The first-order chi connectivity index (χ1) is 15.6. The smallest absolute Gasteiger partial charge is 0.336 e. The van der Waals surface area contributed by atoms with Gasteiger partial charge in [0.1, 0.15) is 5.82 Å². The molecule has 3 aromatic rings. The summed E-state index contributed by atoms with van der Waals surface area (Å²) >= 11 is 0. The van der Waals surface area contributed by atoms with Crippen molar-refractivity contribution in [3.8, 4) is 6.01 Å². The second-order valence-corrected chi connectivity index (χ2v) is 8.26. The minimum absolute atomic E-state index is 0.279. The van der Waals surface area contributed by atoms with Crippen molar-refractivity contribution in [2.45, 2.75) is 33.1 Å². The third-order valence-corrected chi connectivity index (χ3v) is 5.72. The van der Waals surface area contributed by atoms with Gasteiger partial charge in [-0.25, -0.2) is 14.5 Å². The Kier molecular flexibility index (Phi) is 7.01. The molecule has 172 valence electrons. The third-order valence-electron chi connectivity index (χ3n) is 5.72. The molecule has 4 heterocycles. The molecule has 0 amide bonds. The predicted molar refractivity (Wildman–Crippen MR) is 125 cm³/mol. The fraction of sp³-hybridized carbons (Fsp3) is 0.545. The van der Waals surface area contributed by atoms with Gasteiger partial charge in [-0.05, 0) is 24.5 Å². The highest BCUT2D eigenvalue weighted by Crippen LogP contribution is 2.22. The molecule has 4 rings (SSSR count). The number of imidazole rings is 1. The van der Waals surface area contributed by atoms with E-state index in [4.69, 9.17) is 21.2 Å². The van der Waals surface area contributed by atoms with Crippen molar-refractivity contribution >= 4 is 17.3 Å². The summed E-state index contributed by atoms with van der Waals surface area (Å²) in [6, 6.07) is 2.47. The summed E-state index contributed by atoms with van der Waals surface area (Å²) in [5.41, 5.74) is 15.4. The standard InChI is InChI=1S/C22H33N9O/c1-3-4-11-32-22-27-19(24)21-26-18(15-31(21)28-22)13-17-12-16(2)20(25-14-17)30-9-7-29(6-5-23)8-10-30/h12,14-15H,3-11,13,23H2,1-2H3,(H2,24,27,28). The minimum Gasteiger partial charge on any atom is -0.462 e. The monoisotopic (exact) mass is 439 g/mol. The molecule has 10 heteroatoms. The number of nitrogens with two attached hydrogens (primary N) is 2. The van der Waals surface area contributed by atoms with Crippen LogP contribution in [0.15, 0.2) is 18.5 Å². The summed E-state index contributed by atoms with van der Waals surface area (Å²) in [7, 11) is 0. The number of hydrogen-bond acceptors (Lipinski definition) is 9. The maximum absolute atomic E-state index is 6.08. The van der Waals surface area contributed by atoms with Gasteiger partial charge in [0, 0.05) is 51.9 Å². The molecule has 0 aliphatic carbocycles. The molecule has 0 radical (unpaired) electrons. The number of nitrogen functional groups attached to an aromatic ring is 1. The number of aromatic nitrogens is 5. The van der Waals surface area contributed by atoms with E-state index in [2.05, 4.69) is 44.8 Å². The van der Waals surface area contributed by atoms with Crippen LogP contribution >= 0.6 is 0 Å². The number of rotatable bonds is 9. The highest BCUT2D eigenvalue weighted by molar-refractivity contribution is 5.59. The number of nitrogens with zero attached hydrogens (tertiary/aromatic N) is 7. The molecule has 1 saturated heterocycles. The Morgan fingerprint density at radius 1 is 1.16 bits per heavy atom. The number of pyridine rings is 1. The highest BCUT2D eigenvalue weighted by Gasteiger charge is 2.19. The average molecular weight is 440 g/mol. The van der Waals surface area contributed by atoms with E-state index >= 15 is 0 Å². The molecule has 0 unspecified atom stereocenters. The van der Waals surface area contributed by atoms with E-state index < -0.39 is 0 Å². The molecule has 1 fully saturated rings. The Morgan fingerprint density at radius 3 is 2.69 bits per heavy atom. The van der Waals surface area contributed by atoms with E-state index in [9.17, 15) is 0 Å². The Hall–Kier alpha value is -2.98. The van der Waals surface area contributed by atoms with E-state index in [-0.39, 0.29) is 6.01 Å². The molecular formula is C22H33N9O. The summed E-state index contributed by atoms with van der Waals surface area (Å²) in [4.78, 5) is 18.4. The molecule has 10 nitrogen and oxygen atoms in total. The highest BCUT2D eigenvalue weighted by atomic mass is 16.5. The van der Waals surface area contributed by atoms with Crippen LogP contribution in [0.1, 0.15) is 36.6 Å². The maximum atomic E-state index is 6.08. The predicted octanol–water partition coefficient (Wildman–Crippen LogP) is 1.26. The lowest BCUT2D eigenvalue weighted by molar-refractivity contribution is 0.264. The van der Waals surface area contributed by atoms with Crippen molar-refractivity contribution in [3.05, 3.63) is 35.3 Å². The van der Waals surface area contributed by atoms with Gasteiger partial charge in [0.05, 0.1) is 18.5 Å². The van der Waals surface area contributed by atoms with Crippen LogP contribution in [0.4, 0.5) is 11.6 Å². The van der Waals surface area contributed by atoms with Gasteiger partial charge < -0.3 is 21.1 Å². The SMILES string of the molecule is CCCCOc1nc(N)c2nc(Cc3cnc(N4CCN(CCN)CC4)c(C)c3)cn2n1. The van der Waals surface area contributed by atoms with Gasteiger partial charge in [-0.1, -0.05) is 19.4 Å². The number of ether oxygens (including phenoxy) is 1. The lowest BCUT2D eigenvalue weighted by Gasteiger charge is -2.35. The van der Waals surface area contributed by atoms with Gasteiger partial charge in [0.25, 0.3) is 0 Å². The zero-order valence-electron chi connectivity index (χ0n) is 19.0. The maximum Gasteiger partial charge on any atom is 0.336 e. The van der Waals surface area contributed by atoms with Crippen molar-refractivity contribution in [1.29, 1.82) is 0 Å². The number of hydrogen-bond donors (Lipinski definition) is 2. The van der Waals surface area contributed by atoms with Crippen LogP contribution in [0, 0.1) is 6.92 Å². The van der Waals surface area contributed by atoms with Crippen molar-refractivity contribution in [2.75, 3.05) is 56.5 Å². The van der Waals surface area contributed by atoms with Crippen molar-refractivity contribution in [1.82, 2.24) is 29.5 Å². The fourth-order valence-corrected chi connectivity index (χ4v) is 4.02. The summed E-state index contributed by atoms with van der Waals surface area (Å²) < 4.78 is 7.24. The molecule has 0 aromatic carbocycles. The zero-order chi connectivity index (χ0) is 22.5. The van der Waals surface area contributed by atoms with E-state index in [1.165, 1.54) is 5.56 Å². The molecule has 3 aromatic heterocycles. The molecule has 1 aliphatic heterocycles.